The number of fused-ring (bicyclic) bond motifs is 1. The molecule has 0 unspecified atom stereocenters. The molecule has 0 saturated heterocycles. The highest BCUT2D eigenvalue weighted by Gasteiger charge is 2.20. The average molecular weight is 181 g/mol. The molecule has 1 aliphatic heterocycles. The van der Waals surface area contributed by atoms with Gasteiger partial charge in [-0.15, -0.1) is 0 Å². The molecule has 1 aromatic carbocycles. The monoisotopic (exact) mass is 181 g/mol. The van der Waals surface area contributed by atoms with Crippen LogP contribution >= 0.6 is 0 Å². The molecule has 0 spiro atoms. The topological polar surface area (TPSA) is 64.7 Å². The summed E-state index contributed by atoms with van der Waals surface area (Å²) in [6, 6.07) is 5.07. The third-order valence-electron chi connectivity index (χ3n) is 2.02. The quantitative estimate of drug-likeness (QED) is 0.693. The van der Waals surface area contributed by atoms with Gasteiger partial charge in [0.15, 0.2) is 11.5 Å². The lowest BCUT2D eigenvalue weighted by Crippen LogP contribution is -2.14. The lowest BCUT2D eigenvalue weighted by atomic mass is 10.1. The van der Waals surface area contributed by atoms with E-state index in [1.807, 2.05) is 18.2 Å². The molecule has 1 atom stereocenters. The van der Waals surface area contributed by atoms with E-state index in [1.54, 1.807) is 0 Å². The van der Waals surface area contributed by atoms with Crippen LogP contribution < -0.4 is 15.2 Å². The van der Waals surface area contributed by atoms with Crippen molar-refractivity contribution in [3.05, 3.63) is 23.8 Å². The van der Waals surface area contributed by atoms with Crippen molar-refractivity contribution in [2.75, 3.05) is 13.4 Å². The van der Waals surface area contributed by atoms with Crippen LogP contribution in [0.2, 0.25) is 0 Å². The zero-order chi connectivity index (χ0) is 9.26. The summed E-state index contributed by atoms with van der Waals surface area (Å²) in [6.07, 6.45) is 0. The van der Waals surface area contributed by atoms with Crippen LogP contribution in [0.3, 0.4) is 0 Å². The number of aliphatic hydroxyl groups is 1. The Labute approximate surface area is 75.9 Å². The van der Waals surface area contributed by atoms with Gasteiger partial charge in [0.2, 0.25) is 6.79 Å². The van der Waals surface area contributed by atoms with Gasteiger partial charge in [-0.25, -0.2) is 0 Å². The fourth-order valence-corrected chi connectivity index (χ4v) is 1.34. The molecule has 0 fully saturated rings. The Hall–Kier alpha value is -1.26. The summed E-state index contributed by atoms with van der Waals surface area (Å²) < 4.78 is 10.4. The van der Waals surface area contributed by atoms with Crippen LogP contribution in [0, 0.1) is 0 Å². The Morgan fingerprint density at radius 1 is 1.46 bits per heavy atom. The van der Waals surface area contributed by atoms with Gasteiger partial charge in [-0.1, -0.05) is 12.1 Å². The van der Waals surface area contributed by atoms with Crippen LogP contribution in [-0.2, 0) is 0 Å². The van der Waals surface area contributed by atoms with E-state index in [0.29, 0.717) is 11.5 Å². The molecule has 0 aliphatic carbocycles. The summed E-state index contributed by atoms with van der Waals surface area (Å²) in [5.74, 6) is 1.35. The molecule has 3 N–H and O–H groups in total. The minimum atomic E-state index is -0.406. The first-order valence-corrected chi connectivity index (χ1v) is 4.08. The largest absolute Gasteiger partial charge is 0.454 e. The summed E-state index contributed by atoms with van der Waals surface area (Å²) >= 11 is 0. The number of benzene rings is 1. The van der Waals surface area contributed by atoms with Gasteiger partial charge in [-0.3, -0.25) is 0 Å². The molecular formula is C9H11NO3. The van der Waals surface area contributed by atoms with Gasteiger partial charge in [0.05, 0.1) is 12.6 Å². The second-order valence-electron chi connectivity index (χ2n) is 2.87. The number of para-hydroxylation sites is 1. The summed E-state index contributed by atoms with van der Waals surface area (Å²) in [4.78, 5) is 0. The molecular weight excluding hydrogens is 170 g/mol. The molecule has 0 saturated carbocycles. The Morgan fingerprint density at radius 2 is 2.31 bits per heavy atom. The number of rotatable bonds is 2. The standard InChI is InChI=1S/C9H11NO3/c10-7(4-11)6-2-1-3-8-9(6)13-5-12-8/h1-3,7,11H,4-5,10H2/t7-/m1/s1. The zero-order valence-corrected chi connectivity index (χ0v) is 7.06. The van der Waals surface area contributed by atoms with Crippen molar-refractivity contribution < 1.29 is 14.6 Å². The van der Waals surface area contributed by atoms with E-state index in [4.69, 9.17) is 20.3 Å². The minimum Gasteiger partial charge on any atom is -0.454 e. The summed E-state index contributed by atoms with van der Waals surface area (Å²) in [7, 11) is 0. The van der Waals surface area contributed by atoms with Gasteiger partial charge < -0.3 is 20.3 Å². The van der Waals surface area contributed by atoms with Crippen LogP contribution in [0.25, 0.3) is 0 Å². The number of nitrogens with two attached hydrogens (primary N) is 1. The molecule has 1 aliphatic rings. The molecule has 2 rings (SSSR count). The second-order valence-corrected chi connectivity index (χ2v) is 2.87. The Balaban J connectivity index is 2.41. The molecule has 0 aromatic heterocycles. The van der Waals surface area contributed by atoms with Crippen molar-refractivity contribution in [1.82, 2.24) is 0 Å². The average Bonchev–Trinajstić information content (AvgIpc) is 2.63. The number of ether oxygens (including phenoxy) is 2. The van der Waals surface area contributed by atoms with E-state index in [1.165, 1.54) is 0 Å². The van der Waals surface area contributed by atoms with Crippen molar-refractivity contribution in [3.63, 3.8) is 0 Å². The number of aliphatic hydroxyl groups excluding tert-OH is 1. The molecule has 0 bridgehead atoms. The summed E-state index contributed by atoms with van der Waals surface area (Å²) in [6.45, 7) is 0.129. The van der Waals surface area contributed by atoms with Gasteiger partial charge in [-0.05, 0) is 6.07 Å². The van der Waals surface area contributed by atoms with Crippen LogP contribution in [0.15, 0.2) is 18.2 Å². The summed E-state index contributed by atoms with van der Waals surface area (Å²) in [5, 5.41) is 8.90. The highest BCUT2D eigenvalue weighted by Crippen LogP contribution is 2.37. The molecule has 1 aromatic rings. The number of hydrogen-bond acceptors (Lipinski definition) is 4. The van der Waals surface area contributed by atoms with E-state index in [2.05, 4.69) is 0 Å². The predicted octanol–water partition coefficient (Wildman–Crippen LogP) is 0.407. The molecule has 1 heterocycles. The van der Waals surface area contributed by atoms with Crippen LogP contribution in [-0.4, -0.2) is 18.5 Å². The van der Waals surface area contributed by atoms with E-state index in [0.717, 1.165) is 5.56 Å². The van der Waals surface area contributed by atoms with Crippen molar-refractivity contribution in [2.24, 2.45) is 5.73 Å². The van der Waals surface area contributed by atoms with Crippen molar-refractivity contribution in [2.45, 2.75) is 6.04 Å². The first-order chi connectivity index (χ1) is 6.33. The van der Waals surface area contributed by atoms with Gasteiger partial charge in [-0.2, -0.15) is 0 Å². The van der Waals surface area contributed by atoms with Gasteiger partial charge >= 0.3 is 0 Å². The SMILES string of the molecule is N[C@H](CO)c1cccc2c1OCO2. The molecule has 0 amide bonds. The van der Waals surface area contributed by atoms with Crippen LogP contribution in [0.5, 0.6) is 11.5 Å². The third-order valence-corrected chi connectivity index (χ3v) is 2.02. The Kier molecular flexibility index (Phi) is 2.08. The second kappa shape index (κ2) is 3.24. The zero-order valence-electron chi connectivity index (χ0n) is 7.06. The summed E-state index contributed by atoms with van der Waals surface area (Å²) in [5.41, 5.74) is 6.47. The fraction of sp³-hybridized carbons (Fsp3) is 0.333. The molecule has 13 heavy (non-hydrogen) atoms. The maximum atomic E-state index is 8.90. The first kappa shape index (κ1) is 8.34. The van der Waals surface area contributed by atoms with Gasteiger partial charge in [0.1, 0.15) is 0 Å². The Morgan fingerprint density at radius 3 is 3.08 bits per heavy atom. The molecule has 0 radical (unpaired) electrons. The molecule has 4 heteroatoms. The Bertz CT molecular complexity index is 314. The highest BCUT2D eigenvalue weighted by atomic mass is 16.7. The minimum absolute atomic E-state index is 0.0974. The predicted molar refractivity (Wildman–Crippen MR) is 46.6 cm³/mol. The third kappa shape index (κ3) is 1.34. The van der Waals surface area contributed by atoms with Crippen molar-refractivity contribution in [1.29, 1.82) is 0 Å². The van der Waals surface area contributed by atoms with Crippen molar-refractivity contribution in [3.8, 4) is 11.5 Å². The van der Waals surface area contributed by atoms with E-state index in [-0.39, 0.29) is 13.4 Å². The van der Waals surface area contributed by atoms with Crippen LogP contribution in [0.1, 0.15) is 11.6 Å². The van der Waals surface area contributed by atoms with E-state index < -0.39 is 6.04 Å². The van der Waals surface area contributed by atoms with Gasteiger partial charge in [0.25, 0.3) is 0 Å². The lowest BCUT2D eigenvalue weighted by molar-refractivity contribution is 0.172. The van der Waals surface area contributed by atoms with Crippen LogP contribution in [0.4, 0.5) is 0 Å². The maximum absolute atomic E-state index is 8.90. The van der Waals surface area contributed by atoms with Crippen molar-refractivity contribution >= 4 is 0 Å². The normalized spacial score (nSPS) is 15.8. The first-order valence-electron chi connectivity index (χ1n) is 4.08. The fourth-order valence-electron chi connectivity index (χ4n) is 1.34. The smallest absolute Gasteiger partial charge is 0.231 e. The van der Waals surface area contributed by atoms with Gasteiger partial charge in [0, 0.05) is 5.56 Å². The lowest BCUT2D eigenvalue weighted by Gasteiger charge is -2.10. The highest BCUT2D eigenvalue weighted by molar-refractivity contribution is 5.49. The maximum Gasteiger partial charge on any atom is 0.231 e. The van der Waals surface area contributed by atoms with E-state index >= 15 is 0 Å². The molecule has 4 nitrogen and oxygen atoms in total. The van der Waals surface area contributed by atoms with E-state index in [9.17, 15) is 0 Å². The molecule has 70 valence electrons. The number of hydrogen-bond donors (Lipinski definition) is 2.